The van der Waals surface area contributed by atoms with E-state index in [2.05, 4.69) is 15.4 Å². The van der Waals surface area contributed by atoms with E-state index in [1.165, 1.54) is 16.8 Å². The highest BCUT2D eigenvalue weighted by Crippen LogP contribution is 2.32. The number of anilines is 1. The first-order valence-electron chi connectivity index (χ1n) is 11.5. The van der Waals surface area contributed by atoms with Gasteiger partial charge in [-0.1, -0.05) is 32.0 Å². The third-order valence-electron chi connectivity index (χ3n) is 5.30. The van der Waals surface area contributed by atoms with Gasteiger partial charge in [-0.15, -0.1) is 5.10 Å². The molecule has 0 saturated carbocycles. The number of carbonyl (C=O) groups is 1. The minimum atomic E-state index is -4.45. The number of hydrogen-bond acceptors (Lipinski definition) is 5. The molecule has 0 unspecified atom stereocenters. The zero-order chi connectivity index (χ0) is 26.6. The maximum atomic E-state index is 13.1. The van der Waals surface area contributed by atoms with Crippen LogP contribution in [0.1, 0.15) is 29.8 Å². The number of nitrogens with one attached hydrogen (secondary N) is 1. The van der Waals surface area contributed by atoms with Crippen LogP contribution in [0.5, 0.6) is 11.8 Å². The molecule has 0 fully saturated rings. The van der Waals surface area contributed by atoms with Crippen LogP contribution in [0.2, 0.25) is 0 Å². The van der Waals surface area contributed by atoms with Crippen LogP contribution in [-0.2, 0) is 6.18 Å². The number of alkyl halides is 3. The Morgan fingerprint density at radius 1 is 1.03 bits per heavy atom. The summed E-state index contributed by atoms with van der Waals surface area (Å²) < 4.78 is 51.5. The highest BCUT2D eigenvalue weighted by Gasteiger charge is 2.30. The molecule has 0 atom stereocenters. The summed E-state index contributed by atoms with van der Waals surface area (Å²) in [5, 5.41) is 7.27. The first-order chi connectivity index (χ1) is 17.6. The molecule has 4 rings (SSSR count). The third kappa shape index (κ3) is 6.27. The Hall–Kier alpha value is -4.34. The van der Waals surface area contributed by atoms with Gasteiger partial charge in [0.05, 0.1) is 25.0 Å². The van der Waals surface area contributed by atoms with Gasteiger partial charge in [0.15, 0.2) is 5.82 Å². The van der Waals surface area contributed by atoms with E-state index < -0.39 is 11.7 Å². The number of amides is 1. The Bertz CT molecular complexity index is 1370. The second kappa shape index (κ2) is 10.7. The van der Waals surface area contributed by atoms with Gasteiger partial charge in [0.2, 0.25) is 0 Å². The smallest absolute Gasteiger partial charge is 0.416 e. The van der Waals surface area contributed by atoms with Gasteiger partial charge in [-0.2, -0.15) is 18.2 Å². The van der Waals surface area contributed by atoms with Crippen LogP contribution in [0.3, 0.4) is 0 Å². The molecule has 1 aromatic heterocycles. The van der Waals surface area contributed by atoms with Crippen LogP contribution in [0, 0.1) is 5.92 Å². The molecule has 10 heteroatoms. The Kier molecular flexibility index (Phi) is 7.47. The average Bonchev–Trinajstić information content (AvgIpc) is 3.32. The zero-order valence-corrected chi connectivity index (χ0v) is 20.4. The van der Waals surface area contributed by atoms with Gasteiger partial charge in [0.25, 0.3) is 5.91 Å². The van der Waals surface area contributed by atoms with Crippen molar-refractivity contribution in [2.45, 2.75) is 20.0 Å². The molecular formula is C27H25F3N4O3. The summed E-state index contributed by atoms with van der Waals surface area (Å²) in [6.07, 6.45) is -4.45. The van der Waals surface area contributed by atoms with Crippen LogP contribution < -0.4 is 14.8 Å². The number of methoxy groups -OCH3 is 1. The SMILES string of the molecule is COc1ccc(C(=O)Nc2cccc(-n3nc(OCC(C)C)nc3-c3ccc(C(F)(F)F)cc3)c2)cc1. The molecule has 1 amide bonds. The maximum absolute atomic E-state index is 13.1. The molecule has 0 saturated heterocycles. The van der Waals surface area contributed by atoms with Crippen LogP contribution in [-0.4, -0.2) is 34.4 Å². The molecule has 0 aliphatic carbocycles. The summed E-state index contributed by atoms with van der Waals surface area (Å²) in [5.41, 5.74) is 1.14. The molecule has 192 valence electrons. The molecule has 1 heterocycles. The van der Waals surface area contributed by atoms with Crippen molar-refractivity contribution in [3.63, 3.8) is 0 Å². The highest BCUT2D eigenvalue weighted by molar-refractivity contribution is 6.04. The maximum Gasteiger partial charge on any atom is 0.416 e. The largest absolute Gasteiger partial charge is 0.497 e. The Labute approximate surface area is 211 Å². The van der Waals surface area contributed by atoms with E-state index in [0.717, 1.165) is 12.1 Å². The van der Waals surface area contributed by atoms with Gasteiger partial charge >= 0.3 is 12.2 Å². The number of halogens is 3. The summed E-state index contributed by atoms with van der Waals surface area (Å²) >= 11 is 0. The van der Waals surface area contributed by atoms with Crippen LogP contribution in [0.25, 0.3) is 17.1 Å². The number of hydrogen-bond donors (Lipinski definition) is 1. The summed E-state index contributed by atoms with van der Waals surface area (Å²) in [5.74, 6) is 0.836. The van der Waals surface area contributed by atoms with Crippen molar-refractivity contribution in [2.24, 2.45) is 5.92 Å². The van der Waals surface area contributed by atoms with Crippen molar-refractivity contribution in [2.75, 3.05) is 19.0 Å². The highest BCUT2D eigenvalue weighted by atomic mass is 19.4. The fraction of sp³-hybridized carbons (Fsp3) is 0.222. The second-order valence-electron chi connectivity index (χ2n) is 8.64. The predicted octanol–water partition coefficient (Wildman–Crippen LogP) is 6.25. The summed E-state index contributed by atoms with van der Waals surface area (Å²) in [6, 6.07) is 18.3. The van der Waals surface area contributed by atoms with Crippen molar-refractivity contribution in [1.29, 1.82) is 0 Å². The van der Waals surface area contributed by atoms with Crippen molar-refractivity contribution < 1.29 is 27.4 Å². The van der Waals surface area contributed by atoms with E-state index in [9.17, 15) is 18.0 Å². The van der Waals surface area contributed by atoms with E-state index in [1.54, 1.807) is 55.6 Å². The minimum absolute atomic E-state index is 0.0938. The lowest BCUT2D eigenvalue weighted by atomic mass is 10.1. The molecule has 1 N–H and O–H groups in total. The average molecular weight is 511 g/mol. The number of nitrogens with zero attached hydrogens (tertiary/aromatic N) is 3. The lowest BCUT2D eigenvalue weighted by Crippen LogP contribution is -2.12. The fourth-order valence-electron chi connectivity index (χ4n) is 3.43. The third-order valence-corrected chi connectivity index (χ3v) is 5.30. The predicted molar refractivity (Wildman–Crippen MR) is 133 cm³/mol. The quantitative estimate of drug-likeness (QED) is 0.303. The molecule has 0 spiro atoms. The van der Waals surface area contributed by atoms with Gasteiger partial charge in [-0.05, 0) is 60.5 Å². The lowest BCUT2D eigenvalue weighted by molar-refractivity contribution is -0.137. The van der Waals surface area contributed by atoms with E-state index in [4.69, 9.17) is 9.47 Å². The molecule has 37 heavy (non-hydrogen) atoms. The Balaban J connectivity index is 1.66. The van der Waals surface area contributed by atoms with Crippen molar-refractivity contribution >= 4 is 11.6 Å². The molecule has 4 aromatic rings. The first kappa shape index (κ1) is 25.7. The zero-order valence-electron chi connectivity index (χ0n) is 20.4. The summed E-state index contributed by atoms with van der Waals surface area (Å²) in [4.78, 5) is 17.1. The van der Waals surface area contributed by atoms with Crippen LogP contribution in [0.15, 0.2) is 72.8 Å². The molecule has 0 bridgehead atoms. The van der Waals surface area contributed by atoms with Gasteiger partial charge in [0.1, 0.15) is 5.75 Å². The Morgan fingerprint density at radius 3 is 2.35 bits per heavy atom. The topological polar surface area (TPSA) is 78.3 Å². The monoisotopic (exact) mass is 510 g/mol. The Morgan fingerprint density at radius 2 is 1.73 bits per heavy atom. The van der Waals surface area contributed by atoms with E-state index in [1.807, 2.05) is 13.8 Å². The van der Waals surface area contributed by atoms with Gasteiger partial charge < -0.3 is 14.8 Å². The lowest BCUT2D eigenvalue weighted by Gasteiger charge is -2.10. The normalized spacial score (nSPS) is 11.4. The molecule has 7 nitrogen and oxygen atoms in total. The summed E-state index contributed by atoms with van der Waals surface area (Å²) in [6.45, 7) is 4.32. The number of carbonyl (C=O) groups excluding carboxylic acids is 1. The van der Waals surface area contributed by atoms with Crippen LogP contribution in [0.4, 0.5) is 18.9 Å². The molecule has 0 radical (unpaired) electrons. The standard InChI is InChI=1S/C27H25F3N4O3/c1-17(2)16-37-26-32-24(18-7-11-20(12-8-18)27(28,29)30)34(33-26)22-6-4-5-21(15-22)31-25(35)19-9-13-23(36-3)14-10-19/h4-15,17H,16H2,1-3H3,(H,31,35). The number of benzene rings is 3. The molecule has 0 aliphatic heterocycles. The summed E-state index contributed by atoms with van der Waals surface area (Å²) in [7, 11) is 1.54. The molecular weight excluding hydrogens is 485 g/mol. The van der Waals surface area contributed by atoms with Gasteiger partial charge in [-0.3, -0.25) is 4.79 Å². The first-order valence-corrected chi connectivity index (χ1v) is 11.5. The van der Waals surface area contributed by atoms with Crippen molar-refractivity contribution in [3.8, 4) is 28.8 Å². The van der Waals surface area contributed by atoms with Gasteiger partial charge in [-0.25, -0.2) is 4.68 Å². The number of rotatable bonds is 8. The van der Waals surface area contributed by atoms with E-state index in [-0.39, 0.29) is 17.8 Å². The van der Waals surface area contributed by atoms with Crippen molar-refractivity contribution in [3.05, 3.63) is 83.9 Å². The second-order valence-corrected chi connectivity index (χ2v) is 8.64. The van der Waals surface area contributed by atoms with Crippen molar-refractivity contribution in [1.82, 2.24) is 14.8 Å². The van der Waals surface area contributed by atoms with E-state index in [0.29, 0.717) is 40.7 Å². The molecule has 0 aliphatic rings. The minimum Gasteiger partial charge on any atom is -0.497 e. The van der Waals surface area contributed by atoms with Gasteiger partial charge in [0, 0.05) is 16.8 Å². The van der Waals surface area contributed by atoms with Crippen LogP contribution >= 0.6 is 0 Å². The number of ether oxygens (including phenoxy) is 2. The molecule has 3 aromatic carbocycles. The fourth-order valence-corrected chi connectivity index (χ4v) is 3.43. The van der Waals surface area contributed by atoms with E-state index >= 15 is 0 Å². The number of aromatic nitrogens is 3.